The van der Waals surface area contributed by atoms with Crippen molar-refractivity contribution in [3.63, 3.8) is 0 Å². The summed E-state index contributed by atoms with van der Waals surface area (Å²) in [5.74, 6) is 0. The average molecular weight is 344 g/mol. The molecular formula is C15H15F3N2O2S. The summed E-state index contributed by atoms with van der Waals surface area (Å²) >= 11 is 0. The Morgan fingerprint density at radius 3 is 2.17 bits per heavy atom. The van der Waals surface area contributed by atoms with Crippen LogP contribution in [0.15, 0.2) is 53.4 Å². The number of benzene rings is 2. The molecular weight excluding hydrogens is 329 g/mol. The highest BCUT2D eigenvalue weighted by atomic mass is 32.2. The predicted molar refractivity (Wildman–Crippen MR) is 81.5 cm³/mol. The number of hydrogen-bond acceptors (Lipinski definition) is 3. The molecule has 4 nitrogen and oxygen atoms in total. The molecule has 0 atom stereocenters. The lowest BCUT2D eigenvalue weighted by Crippen LogP contribution is -2.18. The van der Waals surface area contributed by atoms with E-state index in [4.69, 9.17) is 5.73 Å². The van der Waals surface area contributed by atoms with Crippen molar-refractivity contribution in [3.05, 3.63) is 59.7 Å². The summed E-state index contributed by atoms with van der Waals surface area (Å²) in [6.07, 6.45) is -4.12. The first kappa shape index (κ1) is 17.3. The van der Waals surface area contributed by atoms with Gasteiger partial charge in [0.25, 0.3) is 10.0 Å². The minimum absolute atomic E-state index is 0.183. The van der Waals surface area contributed by atoms with Gasteiger partial charge >= 0.3 is 6.18 Å². The van der Waals surface area contributed by atoms with Crippen LogP contribution in [0.3, 0.4) is 0 Å². The molecule has 2 aromatic rings. The van der Waals surface area contributed by atoms with Crippen molar-refractivity contribution >= 4 is 15.7 Å². The number of nitrogens with two attached hydrogens (primary N) is 1. The topological polar surface area (TPSA) is 72.2 Å². The Balaban J connectivity index is 2.33. The van der Waals surface area contributed by atoms with Gasteiger partial charge in [0.15, 0.2) is 0 Å². The lowest BCUT2D eigenvalue weighted by Gasteiger charge is -2.14. The second kappa shape index (κ2) is 6.59. The summed E-state index contributed by atoms with van der Waals surface area (Å²) in [4.78, 5) is -0.807. The summed E-state index contributed by atoms with van der Waals surface area (Å²) in [5, 5.41) is 0. The van der Waals surface area contributed by atoms with E-state index in [2.05, 4.69) is 4.72 Å². The van der Waals surface area contributed by atoms with E-state index in [1.165, 1.54) is 18.2 Å². The van der Waals surface area contributed by atoms with E-state index >= 15 is 0 Å². The molecule has 0 radical (unpaired) electrons. The standard InChI is InChI=1S/C15H15F3N2O2S/c16-15(17,18)13-3-1-2-4-14(13)23(21,22)20-12-7-5-11(6-8-12)9-10-19/h1-8,20H,9-10,19H2. The Kier molecular flexibility index (Phi) is 4.96. The third-order valence-electron chi connectivity index (χ3n) is 3.12. The first-order chi connectivity index (χ1) is 10.7. The lowest BCUT2D eigenvalue weighted by atomic mass is 10.1. The Hall–Kier alpha value is -2.06. The highest BCUT2D eigenvalue weighted by Gasteiger charge is 2.36. The van der Waals surface area contributed by atoms with Gasteiger partial charge in [-0.2, -0.15) is 13.2 Å². The molecule has 0 aliphatic rings. The predicted octanol–water partition coefficient (Wildman–Crippen LogP) is 3.01. The van der Waals surface area contributed by atoms with Crippen molar-refractivity contribution in [2.24, 2.45) is 5.73 Å². The van der Waals surface area contributed by atoms with E-state index in [0.29, 0.717) is 13.0 Å². The van der Waals surface area contributed by atoms with Crippen LogP contribution < -0.4 is 10.5 Å². The van der Waals surface area contributed by atoms with Gasteiger partial charge < -0.3 is 5.73 Å². The van der Waals surface area contributed by atoms with E-state index in [0.717, 1.165) is 23.8 Å². The normalized spacial score (nSPS) is 12.2. The first-order valence-corrected chi connectivity index (χ1v) is 8.20. The summed E-state index contributed by atoms with van der Waals surface area (Å²) in [5.41, 5.74) is 5.31. The molecule has 23 heavy (non-hydrogen) atoms. The average Bonchev–Trinajstić information content (AvgIpc) is 2.48. The molecule has 0 fully saturated rings. The highest BCUT2D eigenvalue weighted by Crippen LogP contribution is 2.34. The number of alkyl halides is 3. The Morgan fingerprint density at radius 2 is 1.61 bits per heavy atom. The maximum atomic E-state index is 13.0. The molecule has 0 heterocycles. The molecule has 0 aliphatic heterocycles. The largest absolute Gasteiger partial charge is 0.417 e. The zero-order valence-corrected chi connectivity index (χ0v) is 12.8. The number of nitrogens with one attached hydrogen (secondary N) is 1. The smallest absolute Gasteiger partial charge is 0.330 e. The van der Waals surface area contributed by atoms with Crippen LogP contribution in [0.2, 0.25) is 0 Å². The maximum absolute atomic E-state index is 13.0. The first-order valence-electron chi connectivity index (χ1n) is 6.72. The van der Waals surface area contributed by atoms with Crippen LogP contribution in [0.1, 0.15) is 11.1 Å². The van der Waals surface area contributed by atoms with Gasteiger partial charge in [0, 0.05) is 5.69 Å². The lowest BCUT2D eigenvalue weighted by molar-refractivity contribution is -0.139. The number of halogens is 3. The Morgan fingerprint density at radius 1 is 1.00 bits per heavy atom. The second-order valence-corrected chi connectivity index (χ2v) is 6.49. The molecule has 2 rings (SSSR count). The quantitative estimate of drug-likeness (QED) is 0.876. The summed E-state index contributed by atoms with van der Waals surface area (Å²) in [6, 6.07) is 10.3. The minimum Gasteiger partial charge on any atom is -0.330 e. The number of anilines is 1. The summed E-state index contributed by atoms with van der Waals surface area (Å²) < 4.78 is 65.5. The second-order valence-electron chi connectivity index (χ2n) is 4.84. The third kappa shape index (κ3) is 4.23. The SMILES string of the molecule is NCCc1ccc(NS(=O)(=O)c2ccccc2C(F)(F)F)cc1. The van der Waals surface area contributed by atoms with E-state index in [1.54, 1.807) is 12.1 Å². The van der Waals surface area contributed by atoms with Gasteiger partial charge in [-0.15, -0.1) is 0 Å². The fraction of sp³-hybridized carbons (Fsp3) is 0.200. The van der Waals surface area contributed by atoms with Crippen molar-refractivity contribution in [3.8, 4) is 0 Å². The molecule has 0 unspecified atom stereocenters. The maximum Gasteiger partial charge on any atom is 0.417 e. The van der Waals surface area contributed by atoms with Crippen LogP contribution in [0.25, 0.3) is 0 Å². The third-order valence-corrected chi connectivity index (χ3v) is 4.56. The highest BCUT2D eigenvalue weighted by molar-refractivity contribution is 7.92. The molecule has 2 aromatic carbocycles. The van der Waals surface area contributed by atoms with Crippen molar-refractivity contribution in [1.82, 2.24) is 0 Å². The summed E-state index contributed by atoms with van der Waals surface area (Å²) in [6.45, 7) is 0.448. The van der Waals surface area contributed by atoms with E-state index in [-0.39, 0.29) is 5.69 Å². The van der Waals surface area contributed by atoms with Crippen LogP contribution in [-0.4, -0.2) is 15.0 Å². The molecule has 0 amide bonds. The molecule has 0 aromatic heterocycles. The minimum atomic E-state index is -4.75. The summed E-state index contributed by atoms with van der Waals surface area (Å²) in [7, 11) is -4.35. The zero-order valence-electron chi connectivity index (χ0n) is 12.0. The van der Waals surface area contributed by atoms with E-state index < -0.39 is 26.7 Å². The van der Waals surface area contributed by atoms with E-state index in [9.17, 15) is 21.6 Å². The fourth-order valence-corrected chi connectivity index (χ4v) is 3.34. The van der Waals surface area contributed by atoms with Crippen molar-refractivity contribution in [1.29, 1.82) is 0 Å². The molecule has 0 bridgehead atoms. The van der Waals surface area contributed by atoms with Gasteiger partial charge in [-0.3, -0.25) is 4.72 Å². The van der Waals surface area contributed by atoms with Crippen LogP contribution in [-0.2, 0) is 22.6 Å². The number of sulfonamides is 1. The molecule has 0 spiro atoms. The van der Waals surface area contributed by atoms with Gasteiger partial charge in [-0.25, -0.2) is 8.42 Å². The van der Waals surface area contributed by atoms with Crippen molar-refractivity contribution < 1.29 is 21.6 Å². The molecule has 0 aliphatic carbocycles. The van der Waals surface area contributed by atoms with Crippen molar-refractivity contribution in [2.75, 3.05) is 11.3 Å². The van der Waals surface area contributed by atoms with Crippen molar-refractivity contribution in [2.45, 2.75) is 17.5 Å². The molecule has 3 N–H and O–H groups in total. The Labute approximate surface area is 132 Å². The Bertz CT molecular complexity index is 772. The number of rotatable bonds is 5. The van der Waals surface area contributed by atoms with Gasteiger partial charge in [0.05, 0.1) is 10.5 Å². The van der Waals surface area contributed by atoms with Gasteiger partial charge in [0.2, 0.25) is 0 Å². The van der Waals surface area contributed by atoms with Crippen LogP contribution >= 0.6 is 0 Å². The molecule has 8 heteroatoms. The van der Waals surface area contributed by atoms with Gasteiger partial charge in [0.1, 0.15) is 0 Å². The van der Waals surface area contributed by atoms with Gasteiger partial charge in [-0.05, 0) is 42.8 Å². The van der Waals surface area contributed by atoms with Crippen LogP contribution in [0.5, 0.6) is 0 Å². The monoisotopic (exact) mass is 344 g/mol. The molecule has 124 valence electrons. The van der Waals surface area contributed by atoms with Crippen LogP contribution in [0.4, 0.5) is 18.9 Å². The van der Waals surface area contributed by atoms with Gasteiger partial charge in [-0.1, -0.05) is 24.3 Å². The molecule has 0 saturated carbocycles. The fourth-order valence-electron chi connectivity index (χ4n) is 2.05. The van der Waals surface area contributed by atoms with E-state index in [1.807, 2.05) is 0 Å². The zero-order chi connectivity index (χ0) is 17.1. The number of hydrogen-bond donors (Lipinski definition) is 2. The van der Waals surface area contributed by atoms with Crippen LogP contribution in [0, 0.1) is 0 Å². The molecule has 0 saturated heterocycles.